The van der Waals surface area contributed by atoms with Crippen molar-refractivity contribution in [2.45, 2.75) is 45.5 Å². The number of nitrogens with zero attached hydrogens (tertiary/aromatic N) is 2. The van der Waals surface area contributed by atoms with E-state index in [0.717, 1.165) is 12.8 Å². The second-order valence-electron chi connectivity index (χ2n) is 6.62. The van der Waals surface area contributed by atoms with E-state index in [-0.39, 0.29) is 24.2 Å². The molecule has 0 atom stereocenters. The predicted molar refractivity (Wildman–Crippen MR) is 72.2 cm³/mol. The lowest BCUT2D eigenvalue weighted by Gasteiger charge is -2.44. The van der Waals surface area contributed by atoms with Crippen LogP contribution in [0.1, 0.15) is 39.5 Å². The summed E-state index contributed by atoms with van der Waals surface area (Å²) in [6, 6.07) is 0. The molecule has 20 heavy (non-hydrogen) atoms. The zero-order valence-corrected chi connectivity index (χ0v) is 12.2. The molecule has 1 aliphatic heterocycles. The van der Waals surface area contributed by atoms with E-state index in [4.69, 9.17) is 6.57 Å². The van der Waals surface area contributed by atoms with Crippen molar-refractivity contribution in [2.24, 2.45) is 17.3 Å². The van der Waals surface area contributed by atoms with Gasteiger partial charge < -0.3 is 9.74 Å². The minimum atomic E-state index is -2.64. The van der Waals surface area contributed by atoms with Crippen LogP contribution in [0.3, 0.4) is 0 Å². The van der Waals surface area contributed by atoms with E-state index in [1.165, 1.54) is 0 Å². The Morgan fingerprint density at radius 3 is 2.30 bits per heavy atom. The van der Waals surface area contributed by atoms with Gasteiger partial charge >= 0.3 is 0 Å². The average Bonchev–Trinajstić information content (AvgIpc) is 2.36. The molecular weight excluding hydrogens is 262 g/mol. The predicted octanol–water partition coefficient (Wildman–Crippen LogP) is 3.22. The van der Waals surface area contributed by atoms with Gasteiger partial charge in [0, 0.05) is 37.3 Å². The lowest BCUT2D eigenvalue weighted by Crippen LogP contribution is -2.51. The van der Waals surface area contributed by atoms with E-state index in [1.54, 1.807) is 4.90 Å². The quantitative estimate of drug-likeness (QED) is 0.730. The molecule has 2 aliphatic rings. The Labute approximate surface area is 119 Å². The van der Waals surface area contributed by atoms with E-state index in [0.29, 0.717) is 25.6 Å². The first-order valence-corrected chi connectivity index (χ1v) is 7.29. The molecule has 2 rings (SSSR count). The van der Waals surface area contributed by atoms with Crippen molar-refractivity contribution in [3.05, 3.63) is 11.4 Å². The molecule has 112 valence electrons. The van der Waals surface area contributed by atoms with Gasteiger partial charge in [0.15, 0.2) is 0 Å². The zero-order valence-electron chi connectivity index (χ0n) is 12.2. The van der Waals surface area contributed by atoms with Crippen LogP contribution in [0.15, 0.2) is 0 Å². The highest BCUT2D eigenvalue weighted by molar-refractivity contribution is 5.80. The molecule has 3 nitrogen and oxygen atoms in total. The first kappa shape index (κ1) is 15.2. The zero-order chi connectivity index (χ0) is 15.0. The van der Waals surface area contributed by atoms with Gasteiger partial charge in [-0.1, -0.05) is 13.8 Å². The molecule has 1 aliphatic carbocycles. The van der Waals surface area contributed by atoms with Gasteiger partial charge in [0.05, 0.1) is 0 Å². The molecule has 0 unspecified atom stereocenters. The maximum Gasteiger partial charge on any atom is 0.249 e. The maximum atomic E-state index is 12.8. The van der Waals surface area contributed by atoms with E-state index in [9.17, 15) is 13.6 Å². The highest BCUT2D eigenvalue weighted by Crippen LogP contribution is 2.45. The van der Waals surface area contributed by atoms with Gasteiger partial charge in [0.2, 0.25) is 18.4 Å². The van der Waals surface area contributed by atoms with E-state index < -0.39 is 11.8 Å². The van der Waals surface area contributed by atoms with Crippen LogP contribution in [0.4, 0.5) is 8.78 Å². The third-order valence-corrected chi connectivity index (χ3v) is 5.13. The van der Waals surface area contributed by atoms with E-state index in [2.05, 4.69) is 18.7 Å². The number of alkyl halides is 2. The summed E-state index contributed by atoms with van der Waals surface area (Å²) >= 11 is 0. The molecule has 0 aromatic carbocycles. The molecule has 0 aromatic rings. The minimum absolute atomic E-state index is 0.0118. The maximum absolute atomic E-state index is 12.8. The molecule has 1 saturated carbocycles. The Bertz CT molecular complexity index is 412. The van der Waals surface area contributed by atoms with Crippen LogP contribution in [-0.4, -0.2) is 36.4 Å². The standard InChI is InChI=1S/C15H22F2N2O/c1-11(2)14(10-18-3)4-6-19(7-5-14)13(20)12-8-15(16,17)9-12/h11-12H,4-10H2,1-2H3. The summed E-state index contributed by atoms with van der Waals surface area (Å²) < 4.78 is 25.7. The van der Waals surface area contributed by atoms with Crippen molar-refractivity contribution in [2.75, 3.05) is 19.6 Å². The summed E-state index contributed by atoms with van der Waals surface area (Å²) in [5, 5.41) is 0. The number of piperidine rings is 1. The number of likely N-dealkylation sites (tertiary alicyclic amines) is 1. The van der Waals surface area contributed by atoms with Gasteiger partial charge in [-0.15, -0.1) is 0 Å². The topological polar surface area (TPSA) is 24.7 Å². The fourth-order valence-corrected chi connectivity index (χ4v) is 3.34. The van der Waals surface area contributed by atoms with Crippen molar-refractivity contribution in [1.82, 2.24) is 4.90 Å². The molecule has 2 fully saturated rings. The van der Waals surface area contributed by atoms with E-state index >= 15 is 0 Å². The fourth-order valence-electron chi connectivity index (χ4n) is 3.34. The van der Waals surface area contributed by atoms with Crippen LogP contribution >= 0.6 is 0 Å². The van der Waals surface area contributed by atoms with Crippen LogP contribution in [0, 0.1) is 23.8 Å². The first-order valence-electron chi connectivity index (χ1n) is 7.29. The van der Waals surface area contributed by atoms with Gasteiger partial charge in [-0.05, 0) is 18.8 Å². The second kappa shape index (κ2) is 5.31. The Morgan fingerprint density at radius 1 is 1.35 bits per heavy atom. The van der Waals surface area contributed by atoms with Gasteiger partial charge in [0.1, 0.15) is 0 Å². The van der Waals surface area contributed by atoms with Crippen molar-refractivity contribution < 1.29 is 13.6 Å². The number of carbonyl (C=O) groups is 1. The monoisotopic (exact) mass is 284 g/mol. The number of hydrogen-bond donors (Lipinski definition) is 0. The van der Waals surface area contributed by atoms with Crippen LogP contribution in [0.5, 0.6) is 0 Å². The second-order valence-corrected chi connectivity index (χ2v) is 6.62. The highest BCUT2D eigenvalue weighted by Gasteiger charge is 2.51. The van der Waals surface area contributed by atoms with Crippen LogP contribution in [-0.2, 0) is 4.79 Å². The fraction of sp³-hybridized carbons (Fsp3) is 0.867. The Kier molecular flexibility index (Phi) is 4.04. The lowest BCUT2D eigenvalue weighted by molar-refractivity contribution is -0.162. The Morgan fingerprint density at radius 2 is 1.90 bits per heavy atom. The molecule has 1 saturated heterocycles. The highest BCUT2D eigenvalue weighted by atomic mass is 19.3. The summed E-state index contributed by atoms with van der Waals surface area (Å²) in [6.45, 7) is 13.1. The number of hydrogen-bond acceptors (Lipinski definition) is 1. The first-order chi connectivity index (χ1) is 9.30. The normalized spacial score (nSPS) is 25.1. The van der Waals surface area contributed by atoms with E-state index in [1.807, 2.05) is 0 Å². The largest absolute Gasteiger partial charge is 0.342 e. The molecule has 1 heterocycles. The smallest absolute Gasteiger partial charge is 0.249 e. The van der Waals surface area contributed by atoms with Crippen molar-refractivity contribution >= 4 is 5.91 Å². The average molecular weight is 284 g/mol. The molecule has 0 bridgehead atoms. The number of rotatable bonds is 3. The molecule has 5 heteroatoms. The number of carbonyl (C=O) groups excluding carboxylic acids is 1. The van der Waals surface area contributed by atoms with Crippen molar-refractivity contribution in [3.63, 3.8) is 0 Å². The Hall–Kier alpha value is -1.18. The number of halogens is 2. The summed E-state index contributed by atoms with van der Waals surface area (Å²) in [5.74, 6) is -2.84. The summed E-state index contributed by atoms with van der Waals surface area (Å²) in [7, 11) is 0. The third kappa shape index (κ3) is 2.79. The molecule has 1 amide bonds. The Balaban J connectivity index is 1.91. The van der Waals surface area contributed by atoms with Crippen molar-refractivity contribution in [3.8, 4) is 0 Å². The molecule has 0 N–H and O–H groups in total. The molecular formula is C15H22F2N2O. The third-order valence-electron chi connectivity index (χ3n) is 5.13. The molecule has 0 spiro atoms. The van der Waals surface area contributed by atoms with Crippen LogP contribution < -0.4 is 0 Å². The van der Waals surface area contributed by atoms with Gasteiger partial charge in [-0.3, -0.25) is 4.79 Å². The molecule has 0 aromatic heterocycles. The van der Waals surface area contributed by atoms with Crippen LogP contribution in [0.2, 0.25) is 0 Å². The van der Waals surface area contributed by atoms with Crippen molar-refractivity contribution in [1.29, 1.82) is 0 Å². The van der Waals surface area contributed by atoms with Gasteiger partial charge in [-0.2, -0.15) is 0 Å². The lowest BCUT2D eigenvalue weighted by atomic mass is 9.69. The number of amides is 1. The summed E-state index contributed by atoms with van der Waals surface area (Å²) in [6.07, 6.45) is 1.03. The van der Waals surface area contributed by atoms with Gasteiger partial charge in [-0.25, -0.2) is 15.4 Å². The minimum Gasteiger partial charge on any atom is -0.342 e. The van der Waals surface area contributed by atoms with Gasteiger partial charge in [0.25, 0.3) is 0 Å². The molecule has 0 radical (unpaired) electrons. The SMILES string of the molecule is [C-]#[N+]CC1(C(C)C)CCN(C(=O)C2CC(F)(F)C2)CC1. The summed E-state index contributed by atoms with van der Waals surface area (Å²) in [5.41, 5.74) is -0.0118. The summed E-state index contributed by atoms with van der Waals surface area (Å²) in [4.78, 5) is 17.4. The van der Waals surface area contributed by atoms with Crippen LogP contribution in [0.25, 0.3) is 4.85 Å².